The Balaban J connectivity index is 5.01. The summed E-state index contributed by atoms with van der Waals surface area (Å²) in [5, 5.41) is 0. The van der Waals surface area contributed by atoms with Gasteiger partial charge in [0.2, 0.25) is 0 Å². The smallest absolute Gasteiger partial charge is 0.00176 e. The van der Waals surface area contributed by atoms with Crippen LogP contribution in [0.3, 0.4) is 0 Å². The zero-order valence-electron chi connectivity index (χ0n) is 9.88. The molecule has 0 nitrogen and oxygen atoms in total. The Morgan fingerprint density at radius 1 is 1.29 bits per heavy atom. The van der Waals surface area contributed by atoms with Crippen molar-refractivity contribution in [2.45, 2.75) is 34.1 Å². The summed E-state index contributed by atoms with van der Waals surface area (Å²) in [4.78, 5) is 0. The van der Waals surface area contributed by atoms with E-state index in [9.17, 15) is 0 Å². The Kier molecular flexibility index (Phi) is 6.82. The van der Waals surface area contributed by atoms with Gasteiger partial charge in [-0.25, -0.2) is 0 Å². The van der Waals surface area contributed by atoms with Crippen molar-refractivity contribution in [2.24, 2.45) is 5.92 Å². The first kappa shape index (κ1) is 13.0. The maximum absolute atomic E-state index is 3.89. The van der Waals surface area contributed by atoms with Crippen molar-refractivity contribution in [2.75, 3.05) is 0 Å². The van der Waals surface area contributed by atoms with Gasteiger partial charge in [0.1, 0.15) is 0 Å². The second-order valence-corrected chi connectivity index (χ2v) is 3.38. The molecule has 0 heteroatoms. The monoisotopic (exact) mass is 190 g/mol. The zero-order chi connectivity index (χ0) is 11.0. The van der Waals surface area contributed by atoms with Gasteiger partial charge in [0, 0.05) is 5.92 Å². The third-order valence-electron chi connectivity index (χ3n) is 2.36. The lowest BCUT2D eigenvalue weighted by atomic mass is 9.92. The van der Waals surface area contributed by atoms with Crippen LogP contribution in [-0.2, 0) is 0 Å². The molecule has 1 atom stereocenters. The second-order valence-electron chi connectivity index (χ2n) is 3.38. The molecule has 0 aliphatic carbocycles. The van der Waals surface area contributed by atoms with E-state index in [1.807, 2.05) is 13.0 Å². The van der Waals surface area contributed by atoms with E-state index in [-0.39, 0.29) is 0 Å². The van der Waals surface area contributed by atoms with Crippen LogP contribution in [0, 0.1) is 5.92 Å². The van der Waals surface area contributed by atoms with Crippen molar-refractivity contribution >= 4 is 0 Å². The normalized spacial score (nSPS) is 16.0. The molecule has 0 radical (unpaired) electrons. The summed E-state index contributed by atoms with van der Waals surface area (Å²) in [6, 6.07) is 0. The van der Waals surface area contributed by atoms with E-state index >= 15 is 0 Å². The fourth-order valence-corrected chi connectivity index (χ4v) is 1.64. The van der Waals surface area contributed by atoms with E-state index < -0.39 is 0 Å². The van der Waals surface area contributed by atoms with Gasteiger partial charge in [-0.3, -0.25) is 0 Å². The summed E-state index contributed by atoms with van der Waals surface area (Å²) in [6.45, 7) is 12.3. The van der Waals surface area contributed by atoms with E-state index in [1.54, 1.807) is 0 Å². The average Bonchev–Trinajstić information content (AvgIpc) is 2.18. The quantitative estimate of drug-likeness (QED) is 0.436. The molecular weight excluding hydrogens is 168 g/mol. The predicted octanol–water partition coefficient (Wildman–Crippen LogP) is 4.67. The molecule has 0 N–H and O–H groups in total. The standard InChI is InChI=1S/C14H22/c1-6-10-12(5)14(9-4)13(8-3)11-7-2/h6-7,9-11,13H,4,8H2,1-3,5H3. The van der Waals surface area contributed by atoms with Crippen LogP contribution in [0.4, 0.5) is 0 Å². The zero-order valence-corrected chi connectivity index (χ0v) is 9.88. The summed E-state index contributed by atoms with van der Waals surface area (Å²) in [6.07, 6.45) is 11.7. The van der Waals surface area contributed by atoms with Gasteiger partial charge in [0.05, 0.1) is 0 Å². The molecule has 0 heterocycles. The molecule has 0 spiro atoms. The highest BCUT2D eigenvalue weighted by Crippen LogP contribution is 2.22. The largest absolute Gasteiger partial charge is 0.0988 e. The molecule has 0 fully saturated rings. The maximum Gasteiger partial charge on any atom is 0.00176 e. The number of rotatable bonds is 5. The van der Waals surface area contributed by atoms with Crippen molar-refractivity contribution in [3.63, 3.8) is 0 Å². The van der Waals surface area contributed by atoms with Gasteiger partial charge < -0.3 is 0 Å². The van der Waals surface area contributed by atoms with Gasteiger partial charge in [0.15, 0.2) is 0 Å². The Labute approximate surface area is 88.7 Å². The van der Waals surface area contributed by atoms with Crippen LogP contribution in [0.25, 0.3) is 0 Å². The third-order valence-corrected chi connectivity index (χ3v) is 2.36. The van der Waals surface area contributed by atoms with Gasteiger partial charge in [-0.15, -0.1) is 0 Å². The van der Waals surface area contributed by atoms with Crippen LogP contribution >= 0.6 is 0 Å². The van der Waals surface area contributed by atoms with Crippen LogP contribution < -0.4 is 0 Å². The van der Waals surface area contributed by atoms with Crippen LogP contribution in [0.1, 0.15) is 34.1 Å². The molecule has 0 saturated carbocycles. The lowest BCUT2D eigenvalue weighted by molar-refractivity contribution is 0.737. The highest BCUT2D eigenvalue weighted by Gasteiger charge is 2.07. The molecule has 0 saturated heterocycles. The number of allylic oxidation sites excluding steroid dienone is 7. The lowest BCUT2D eigenvalue weighted by Crippen LogP contribution is -1.99. The average molecular weight is 190 g/mol. The minimum Gasteiger partial charge on any atom is -0.0988 e. The Morgan fingerprint density at radius 3 is 2.29 bits per heavy atom. The van der Waals surface area contributed by atoms with E-state index in [4.69, 9.17) is 0 Å². The lowest BCUT2D eigenvalue weighted by Gasteiger charge is -2.13. The van der Waals surface area contributed by atoms with Crippen molar-refractivity contribution < 1.29 is 0 Å². The van der Waals surface area contributed by atoms with E-state index in [0.717, 1.165) is 6.42 Å². The summed E-state index contributed by atoms with van der Waals surface area (Å²) in [5.74, 6) is 0.508. The third kappa shape index (κ3) is 3.78. The van der Waals surface area contributed by atoms with Crippen molar-refractivity contribution in [1.29, 1.82) is 0 Å². The highest BCUT2D eigenvalue weighted by atomic mass is 14.1. The van der Waals surface area contributed by atoms with Gasteiger partial charge >= 0.3 is 0 Å². The topological polar surface area (TPSA) is 0 Å². The summed E-state index contributed by atoms with van der Waals surface area (Å²) in [5.41, 5.74) is 2.65. The van der Waals surface area contributed by atoms with Gasteiger partial charge in [-0.1, -0.05) is 43.9 Å². The van der Waals surface area contributed by atoms with E-state index in [1.165, 1.54) is 11.1 Å². The number of hydrogen-bond acceptors (Lipinski definition) is 0. The molecule has 0 aromatic heterocycles. The fourth-order valence-electron chi connectivity index (χ4n) is 1.64. The van der Waals surface area contributed by atoms with Crippen molar-refractivity contribution in [1.82, 2.24) is 0 Å². The fraction of sp³-hybridized carbons (Fsp3) is 0.429. The van der Waals surface area contributed by atoms with Crippen LogP contribution in [0.2, 0.25) is 0 Å². The minimum atomic E-state index is 0.508. The summed E-state index contributed by atoms with van der Waals surface area (Å²) >= 11 is 0. The molecule has 0 amide bonds. The first-order chi connectivity index (χ1) is 6.71. The molecule has 0 rings (SSSR count). The second kappa shape index (κ2) is 7.37. The van der Waals surface area contributed by atoms with Gasteiger partial charge in [0.25, 0.3) is 0 Å². The maximum atomic E-state index is 3.89. The molecule has 1 unspecified atom stereocenters. The Hall–Kier alpha value is -1.04. The Morgan fingerprint density at radius 2 is 1.93 bits per heavy atom. The predicted molar refractivity (Wildman–Crippen MR) is 66.3 cm³/mol. The summed E-state index contributed by atoms with van der Waals surface area (Å²) in [7, 11) is 0. The molecule has 0 bridgehead atoms. The molecule has 0 aliphatic heterocycles. The van der Waals surface area contributed by atoms with Crippen LogP contribution in [-0.4, -0.2) is 0 Å². The molecule has 14 heavy (non-hydrogen) atoms. The highest BCUT2D eigenvalue weighted by molar-refractivity contribution is 5.34. The molecular formula is C14H22. The first-order valence-electron chi connectivity index (χ1n) is 5.29. The van der Waals surface area contributed by atoms with E-state index in [0.29, 0.717) is 5.92 Å². The first-order valence-corrected chi connectivity index (χ1v) is 5.29. The molecule has 0 aromatic rings. The SMILES string of the molecule is C=CC(=C(C)C=CC)C(C=CC)CC. The van der Waals surface area contributed by atoms with Crippen LogP contribution in [0.15, 0.2) is 48.1 Å². The Bertz CT molecular complexity index is 251. The van der Waals surface area contributed by atoms with Gasteiger partial charge in [-0.05, 0) is 38.3 Å². The summed E-state index contributed by atoms with van der Waals surface area (Å²) < 4.78 is 0. The molecule has 78 valence electrons. The van der Waals surface area contributed by atoms with Gasteiger partial charge in [-0.2, -0.15) is 0 Å². The minimum absolute atomic E-state index is 0.508. The molecule has 0 aliphatic rings. The molecule has 0 aromatic carbocycles. The van der Waals surface area contributed by atoms with E-state index in [2.05, 4.69) is 51.7 Å². The van der Waals surface area contributed by atoms with Crippen LogP contribution in [0.5, 0.6) is 0 Å². The van der Waals surface area contributed by atoms with Crippen molar-refractivity contribution in [3.8, 4) is 0 Å². The number of hydrogen-bond donors (Lipinski definition) is 0. The van der Waals surface area contributed by atoms with Crippen molar-refractivity contribution in [3.05, 3.63) is 48.1 Å².